The molecule has 0 unspecified atom stereocenters. The third kappa shape index (κ3) is 5.79. The number of ether oxygens (including phenoxy) is 2. The number of nitrogens with zero attached hydrogens (tertiary/aromatic N) is 1. The van der Waals surface area contributed by atoms with Gasteiger partial charge in [0, 0.05) is 43.1 Å². The molecule has 2 heterocycles. The van der Waals surface area contributed by atoms with Crippen LogP contribution in [0.1, 0.15) is 24.4 Å². The summed E-state index contributed by atoms with van der Waals surface area (Å²) in [5, 5.41) is 3.23. The van der Waals surface area contributed by atoms with Gasteiger partial charge in [-0.25, -0.2) is 0 Å². The van der Waals surface area contributed by atoms with Crippen molar-refractivity contribution >= 4 is 40.7 Å². The Balaban J connectivity index is 0.00000156. The predicted octanol–water partition coefficient (Wildman–Crippen LogP) is 4.31. The highest BCUT2D eigenvalue weighted by molar-refractivity contribution is 9.10. The van der Waals surface area contributed by atoms with Crippen LogP contribution < -0.4 is 14.8 Å². The molecule has 25 heavy (non-hydrogen) atoms. The third-order valence-corrected chi connectivity index (χ3v) is 4.83. The van der Waals surface area contributed by atoms with Crippen molar-refractivity contribution in [1.82, 2.24) is 10.2 Å². The second-order valence-electron chi connectivity index (χ2n) is 5.68. The molecule has 0 spiro atoms. The number of hydrogen-bond donors (Lipinski definition) is 1. The Morgan fingerprint density at radius 1 is 1.12 bits per heavy atom. The largest absolute Gasteiger partial charge is 0.454 e. The van der Waals surface area contributed by atoms with Crippen LogP contribution in [0.4, 0.5) is 13.2 Å². The Kier molecular flexibility index (Phi) is 8.60. The van der Waals surface area contributed by atoms with Crippen LogP contribution in [0.3, 0.4) is 0 Å². The van der Waals surface area contributed by atoms with Crippen LogP contribution >= 0.6 is 40.7 Å². The zero-order valence-electron chi connectivity index (χ0n) is 13.3. The van der Waals surface area contributed by atoms with Crippen LogP contribution in [0.2, 0.25) is 0 Å². The molecule has 2 aliphatic rings. The fourth-order valence-electron chi connectivity index (χ4n) is 3.02. The summed E-state index contributed by atoms with van der Waals surface area (Å²) in [5.74, 6) is 1.21. The first-order chi connectivity index (χ1) is 10.9. The fourth-order valence-corrected chi connectivity index (χ4v) is 3.60. The van der Waals surface area contributed by atoms with E-state index in [1.807, 2.05) is 0 Å². The van der Waals surface area contributed by atoms with Crippen LogP contribution in [0.15, 0.2) is 16.6 Å². The highest BCUT2D eigenvalue weighted by Crippen LogP contribution is 2.42. The maximum atomic E-state index is 12.7. The molecular formula is C15H20BrCl2F3N2O2. The van der Waals surface area contributed by atoms with Gasteiger partial charge in [-0.05, 0) is 24.1 Å². The van der Waals surface area contributed by atoms with E-state index in [0.29, 0.717) is 11.5 Å². The number of hydrogen-bond acceptors (Lipinski definition) is 4. The van der Waals surface area contributed by atoms with E-state index < -0.39 is 12.6 Å². The monoisotopic (exact) mass is 466 g/mol. The van der Waals surface area contributed by atoms with Crippen molar-refractivity contribution in [2.75, 3.05) is 33.0 Å². The zero-order valence-corrected chi connectivity index (χ0v) is 16.5. The highest BCUT2D eigenvalue weighted by atomic mass is 79.9. The van der Waals surface area contributed by atoms with E-state index >= 15 is 0 Å². The fraction of sp³-hybridized carbons (Fsp3) is 0.600. The molecule has 0 aliphatic carbocycles. The first-order valence-electron chi connectivity index (χ1n) is 7.54. The second-order valence-corrected chi connectivity index (χ2v) is 6.54. The first-order valence-corrected chi connectivity index (χ1v) is 8.34. The minimum absolute atomic E-state index is 0. The highest BCUT2D eigenvalue weighted by Gasteiger charge is 2.33. The Morgan fingerprint density at radius 3 is 2.32 bits per heavy atom. The van der Waals surface area contributed by atoms with E-state index in [1.165, 1.54) is 0 Å². The quantitative estimate of drug-likeness (QED) is 0.715. The van der Waals surface area contributed by atoms with E-state index in [-0.39, 0.29) is 44.1 Å². The van der Waals surface area contributed by atoms with Gasteiger partial charge in [-0.15, -0.1) is 24.8 Å². The molecule has 1 fully saturated rings. The van der Waals surface area contributed by atoms with Crippen molar-refractivity contribution in [3.05, 3.63) is 22.2 Å². The molecule has 10 heteroatoms. The average Bonchev–Trinajstić information content (AvgIpc) is 2.94. The molecule has 0 radical (unpaired) electrons. The number of fused-ring (bicyclic) bond motifs is 1. The average molecular weight is 468 g/mol. The summed E-state index contributed by atoms with van der Waals surface area (Å²) in [5.41, 5.74) is 0.820. The molecule has 1 atom stereocenters. The van der Waals surface area contributed by atoms with E-state index in [2.05, 4.69) is 26.1 Å². The number of alkyl halides is 3. The summed E-state index contributed by atoms with van der Waals surface area (Å²) in [6, 6.07) is 3.28. The molecule has 0 amide bonds. The van der Waals surface area contributed by atoms with E-state index in [4.69, 9.17) is 9.47 Å². The van der Waals surface area contributed by atoms with Crippen LogP contribution in [0.5, 0.6) is 11.5 Å². The SMILES string of the molecule is Cl.Cl.FC(F)(F)CC[C@H](c1cc2c(cc1Br)OCO2)N1CCNCC1. The molecule has 144 valence electrons. The summed E-state index contributed by atoms with van der Waals surface area (Å²) in [7, 11) is 0. The Bertz CT molecular complexity index is 572. The number of halogens is 6. The van der Waals surface area contributed by atoms with Crippen LogP contribution in [-0.4, -0.2) is 44.0 Å². The van der Waals surface area contributed by atoms with Gasteiger partial charge in [0.1, 0.15) is 0 Å². The summed E-state index contributed by atoms with van der Waals surface area (Å²) >= 11 is 3.48. The van der Waals surface area contributed by atoms with E-state index in [9.17, 15) is 13.2 Å². The summed E-state index contributed by atoms with van der Waals surface area (Å²) in [6.45, 7) is 3.16. The summed E-state index contributed by atoms with van der Waals surface area (Å²) in [6.07, 6.45) is -4.93. The second kappa shape index (κ2) is 9.50. The number of piperazine rings is 1. The predicted molar refractivity (Wildman–Crippen MR) is 97.2 cm³/mol. The minimum Gasteiger partial charge on any atom is -0.454 e. The molecule has 1 aromatic carbocycles. The van der Waals surface area contributed by atoms with Crippen LogP contribution in [0, 0.1) is 0 Å². The molecular weight excluding hydrogens is 448 g/mol. The van der Waals surface area contributed by atoms with Gasteiger partial charge in [0.15, 0.2) is 11.5 Å². The van der Waals surface area contributed by atoms with Gasteiger partial charge in [0.05, 0.1) is 0 Å². The van der Waals surface area contributed by atoms with Gasteiger partial charge in [-0.3, -0.25) is 4.90 Å². The number of benzene rings is 1. The smallest absolute Gasteiger partial charge is 0.389 e. The maximum absolute atomic E-state index is 12.7. The molecule has 0 aromatic heterocycles. The number of nitrogens with one attached hydrogen (secondary N) is 1. The lowest BCUT2D eigenvalue weighted by molar-refractivity contribution is -0.138. The maximum Gasteiger partial charge on any atom is 0.389 e. The molecule has 0 bridgehead atoms. The Hall–Kier alpha value is -0.410. The summed E-state index contributed by atoms with van der Waals surface area (Å²) in [4.78, 5) is 2.10. The number of rotatable bonds is 4. The molecule has 1 N–H and O–H groups in total. The first kappa shape index (κ1) is 22.6. The third-order valence-electron chi connectivity index (χ3n) is 4.14. The molecule has 1 aromatic rings. The van der Waals surface area contributed by atoms with E-state index in [1.54, 1.807) is 12.1 Å². The van der Waals surface area contributed by atoms with Gasteiger partial charge in [-0.1, -0.05) is 15.9 Å². The Morgan fingerprint density at radius 2 is 1.72 bits per heavy atom. The molecule has 2 aliphatic heterocycles. The summed E-state index contributed by atoms with van der Waals surface area (Å²) < 4.78 is 49.7. The lowest BCUT2D eigenvalue weighted by Gasteiger charge is -2.36. The van der Waals surface area contributed by atoms with Crippen molar-refractivity contribution in [2.24, 2.45) is 0 Å². The van der Waals surface area contributed by atoms with Gasteiger partial charge in [-0.2, -0.15) is 13.2 Å². The lowest BCUT2D eigenvalue weighted by atomic mass is 9.98. The van der Waals surface area contributed by atoms with Crippen molar-refractivity contribution in [3.63, 3.8) is 0 Å². The van der Waals surface area contributed by atoms with Gasteiger partial charge in [0.2, 0.25) is 6.79 Å². The van der Waals surface area contributed by atoms with Crippen molar-refractivity contribution in [2.45, 2.75) is 25.1 Å². The molecule has 0 saturated carbocycles. The van der Waals surface area contributed by atoms with Gasteiger partial charge < -0.3 is 14.8 Å². The minimum atomic E-state index is -4.16. The van der Waals surface area contributed by atoms with Gasteiger partial charge in [0.25, 0.3) is 0 Å². The van der Waals surface area contributed by atoms with Crippen LogP contribution in [-0.2, 0) is 0 Å². The van der Waals surface area contributed by atoms with Crippen molar-refractivity contribution in [1.29, 1.82) is 0 Å². The standard InChI is InChI=1S/C15H18BrF3N2O2.2ClH/c16-11-8-14-13(22-9-23-14)7-10(11)12(1-2-15(17,18)19)21-5-3-20-4-6-21;;/h7-8,12,20H,1-6,9H2;2*1H/t12-;;/m1../s1. The zero-order chi connectivity index (χ0) is 16.4. The topological polar surface area (TPSA) is 33.7 Å². The van der Waals surface area contributed by atoms with Crippen molar-refractivity contribution < 1.29 is 22.6 Å². The molecule has 3 rings (SSSR count). The Labute approximate surface area is 165 Å². The van der Waals surface area contributed by atoms with E-state index in [0.717, 1.165) is 36.2 Å². The van der Waals surface area contributed by atoms with Gasteiger partial charge >= 0.3 is 6.18 Å². The van der Waals surface area contributed by atoms with Crippen LogP contribution in [0.25, 0.3) is 0 Å². The van der Waals surface area contributed by atoms with Crippen molar-refractivity contribution in [3.8, 4) is 11.5 Å². The lowest BCUT2D eigenvalue weighted by Crippen LogP contribution is -2.45. The molecule has 4 nitrogen and oxygen atoms in total. The molecule has 1 saturated heterocycles. The normalized spacial score (nSPS) is 18.2.